The predicted octanol–water partition coefficient (Wildman–Crippen LogP) is 3.22. The van der Waals surface area contributed by atoms with Gasteiger partial charge in [-0.3, -0.25) is 43.2 Å². The Morgan fingerprint density at radius 2 is 1.36 bits per heavy atom. The molecule has 0 aromatic heterocycles. The molecule has 694 valence electrons. The van der Waals surface area contributed by atoms with Gasteiger partial charge in [-0.15, -0.1) is 0 Å². The molecule has 2 fully saturated rings. The molecule has 0 spiro atoms. The molecule has 37 nitrogen and oxygen atoms in total. The van der Waals surface area contributed by atoms with Gasteiger partial charge < -0.3 is 142 Å². The zero-order valence-electron chi connectivity index (χ0n) is 70.7. The zero-order valence-corrected chi connectivity index (χ0v) is 72.3. The number of aliphatic hydroxyl groups is 11. The summed E-state index contributed by atoms with van der Waals surface area (Å²) in [5.74, 6) is -18.6. The fourth-order valence-electron chi connectivity index (χ4n) is 16.4. The molecule has 39 heteroatoms. The Balaban J connectivity index is 1.09. The predicted molar refractivity (Wildman–Crippen MR) is 453 cm³/mol. The van der Waals surface area contributed by atoms with Gasteiger partial charge >= 0.3 is 0 Å². The number of Topliss-reactive ketones (excluding diaryl/α,β-unsaturated/α-hetero) is 3. The number of phenols is 3. The molecule has 22 N–H and O–H groups in total. The van der Waals surface area contributed by atoms with Crippen molar-refractivity contribution in [2.24, 2.45) is 23.5 Å². The van der Waals surface area contributed by atoms with Crippen LogP contribution in [-0.4, -0.2) is 236 Å². The smallest absolute Gasteiger partial charge is 0.295 e. The summed E-state index contributed by atoms with van der Waals surface area (Å²) in [6.07, 6.45) is -30.0. The second-order valence-electron chi connectivity index (χ2n) is 33.4. The van der Waals surface area contributed by atoms with Crippen LogP contribution in [0.15, 0.2) is 97.1 Å². The van der Waals surface area contributed by atoms with Crippen LogP contribution in [0.3, 0.4) is 0 Å². The highest BCUT2D eigenvalue weighted by molar-refractivity contribution is 6.32. The number of aromatic hydroxyl groups is 3. The maximum absolute atomic E-state index is 16.6. The van der Waals surface area contributed by atoms with Crippen LogP contribution in [0.5, 0.6) is 46.0 Å². The van der Waals surface area contributed by atoms with Crippen LogP contribution >= 0.6 is 23.2 Å². The molecule has 13 rings (SSSR count). The SMILES string of the molecule is CCc1ccc(CNC2(C)C[C@H](O[C@H]3C(Oc4c5cc6cc4Oc4ccc(cc4Cl)[C@@H](O)[C@@H](NC(=O)[C@H](CC)CC(C)C)C(=O)C[C@@H](CC(N)=O)C(=O)N[C@H]6C(=O)C[C@@H]4C(=O)N[C@H](C(=O)N[C@H](OC=O)c6cc(O)c(CNCCCCC(=O)[C@H](O)[C@@H](O)[C@H](O)[C@H](O)CO)c(O)c6-c6cc4ccc6O)[C@H](O)c4ccc(c(Cl)c4)O5)O[C@H](CO)C(O)C3O)OC(C)[C@H]2O)cc1. The van der Waals surface area contributed by atoms with Gasteiger partial charge in [-0.05, 0) is 146 Å². The van der Waals surface area contributed by atoms with E-state index in [-0.39, 0.29) is 96.4 Å². The number of rotatable bonds is 30. The number of hydrogen-bond donors (Lipinski definition) is 21. The summed E-state index contributed by atoms with van der Waals surface area (Å²) in [4.78, 5) is 132. The number of aliphatic hydroxyl groups excluding tert-OH is 11. The molecule has 0 saturated carbocycles. The number of hydrogen-bond acceptors (Lipinski definition) is 32. The van der Waals surface area contributed by atoms with Crippen LogP contribution in [0, 0.1) is 17.8 Å². The Bertz CT molecular complexity index is 5030. The second kappa shape index (κ2) is 43.1. The average molecular weight is 1830 g/mol. The maximum Gasteiger partial charge on any atom is 0.295 e. The molecule has 11 bridgehead atoms. The minimum atomic E-state index is -2.27. The molecule has 7 aliphatic heterocycles. The molecule has 2 saturated heterocycles. The number of phenolic OH excluding ortho intramolecular Hbond substituents is 3. The molecule has 5 unspecified atom stereocenters. The Labute approximate surface area is 745 Å². The highest BCUT2D eigenvalue weighted by Crippen LogP contribution is 2.51. The summed E-state index contributed by atoms with van der Waals surface area (Å²) in [5, 5.41) is 174. The molecular weight excluding hydrogens is 1720 g/mol. The number of ketones is 3. The standard InChI is InChI=1S/C89H109Cl2N7O30/c1-7-41-12-14-42(15-13-41)34-94-89(6)33-67(123-40(5)82(89)117)127-81-79(116)77(114)65(37-100)126-88(81)128-80-63-28-47-29-64(80)125-62-21-18-46(26-54(62)91)73(110)71-86(121)98-87(122-38-101)51-32-57(104)52(35-93-22-10-9-11-56(103)75(112)78(115)76(113)60(107)36-99)74(111)68(51)50-24-44(16-19-55(50)102)49(85(120)97-71)31-59(106)69(47)95-84(119)48(30-66(92)108)27-58(105)70(96-83(118)43(8-2)23-39(3)4)72(109)45-17-20-61(124-63)53(90)25-45/h12-21,24-26,28-29,32,38-40,43,48-49,60,65,67,69-73,75-79,81-82,87-88,93-94,99-100,102,104,107,109-117H,7-11,22-23,27,30-31,33-37H2,1-6H3,(H2,92,108)(H,95,119)(H,96,118)(H,97,120)(H,98,121)/t40?,43-,48+,49+,60-,65-,67+,69-,70+,71+,72-,73-,75+,76-,77?,78-,79?,81-,82-,87-,88?,89?/m1/s1. The van der Waals surface area contributed by atoms with Gasteiger partial charge in [0.05, 0.1) is 52.9 Å². The normalized spacial score (nSPS) is 26.8. The van der Waals surface area contributed by atoms with Gasteiger partial charge in [0, 0.05) is 73.3 Å². The Morgan fingerprint density at radius 3 is 1.97 bits per heavy atom. The van der Waals surface area contributed by atoms with E-state index in [1.807, 2.05) is 45.0 Å². The summed E-state index contributed by atoms with van der Waals surface area (Å²) < 4.78 is 45.1. The largest absolute Gasteiger partial charge is 0.507 e. The molecule has 7 aliphatic rings. The molecule has 5 amide bonds. The first kappa shape index (κ1) is 98.5. The third kappa shape index (κ3) is 22.6. The molecule has 6 aromatic rings. The summed E-state index contributed by atoms with van der Waals surface area (Å²) in [7, 11) is 0. The van der Waals surface area contributed by atoms with E-state index in [1.54, 1.807) is 20.8 Å². The summed E-state index contributed by atoms with van der Waals surface area (Å²) >= 11 is 14.4. The zero-order chi connectivity index (χ0) is 93.2. The molecule has 22 atom stereocenters. The molecule has 0 radical (unpaired) electrons. The van der Waals surface area contributed by atoms with E-state index in [0.29, 0.717) is 6.42 Å². The minimum Gasteiger partial charge on any atom is -0.507 e. The second-order valence-corrected chi connectivity index (χ2v) is 34.2. The van der Waals surface area contributed by atoms with Crippen molar-refractivity contribution in [2.45, 2.75) is 240 Å². The van der Waals surface area contributed by atoms with Gasteiger partial charge in [-0.25, -0.2) is 0 Å². The first-order valence-corrected chi connectivity index (χ1v) is 42.8. The van der Waals surface area contributed by atoms with Crippen LogP contribution in [0.25, 0.3) is 11.1 Å². The first-order chi connectivity index (χ1) is 60.8. The average Bonchev–Trinajstić information content (AvgIpc) is 0.761. The van der Waals surface area contributed by atoms with Crippen molar-refractivity contribution in [3.8, 4) is 57.1 Å². The third-order valence-electron chi connectivity index (χ3n) is 23.8. The lowest BCUT2D eigenvalue weighted by molar-refractivity contribution is -0.334. The quantitative estimate of drug-likeness (QED) is 0.0227. The number of unbranched alkanes of at least 4 members (excludes halogenated alkanes) is 1. The van der Waals surface area contributed by atoms with Crippen molar-refractivity contribution < 1.29 is 148 Å². The van der Waals surface area contributed by atoms with Crippen LogP contribution in [0.4, 0.5) is 0 Å². The highest BCUT2D eigenvalue weighted by atomic mass is 35.5. The van der Waals surface area contributed by atoms with Gasteiger partial charge in [0.25, 0.3) is 6.47 Å². The molecule has 0 aliphatic carbocycles. The monoisotopic (exact) mass is 1830 g/mol. The Morgan fingerprint density at radius 1 is 0.711 bits per heavy atom. The number of nitrogens with one attached hydrogen (secondary N) is 6. The van der Waals surface area contributed by atoms with Crippen LogP contribution in [-0.2, 0) is 81.6 Å². The fraction of sp³-hybridized carbons (Fsp3) is 0.494. The van der Waals surface area contributed by atoms with Crippen LogP contribution in [0.1, 0.15) is 174 Å². The number of halogens is 2. The molecule has 7 heterocycles. The van der Waals surface area contributed by atoms with Crippen molar-refractivity contribution in [3.63, 3.8) is 0 Å². The number of ether oxygens (including phenoxy) is 7. The number of carbonyl (C=O) groups excluding carboxylic acids is 9. The van der Waals surface area contributed by atoms with E-state index in [1.165, 1.54) is 24.3 Å². The molecule has 6 aromatic carbocycles. The highest BCUT2D eigenvalue weighted by Gasteiger charge is 2.53. The van der Waals surface area contributed by atoms with E-state index in [2.05, 4.69) is 31.9 Å². The number of amides is 5. The van der Waals surface area contributed by atoms with E-state index in [9.17, 15) is 90.7 Å². The fourth-order valence-corrected chi connectivity index (χ4v) is 16.8. The van der Waals surface area contributed by atoms with Gasteiger partial charge in [-0.2, -0.15) is 0 Å². The van der Waals surface area contributed by atoms with E-state index < -0.39 is 281 Å². The van der Waals surface area contributed by atoms with Crippen LogP contribution in [0.2, 0.25) is 10.0 Å². The van der Waals surface area contributed by atoms with E-state index >= 15 is 24.0 Å². The Hall–Kier alpha value is -10.1. The lowest BCUT2D eigenvalue weighted by Gasteiger charge is -2.48. The van der Waals surface area contributed by atoms with Crippen molar-refractivity contribution in [2.75, 3.05) is 19.8 Å². The first-order valence-electron chi connectivity index (χ1n) is 42.0. The summed E-state index contributed by atoms with van der Waals surface area (Å²) in [5.41, 5.74) is 3.79. The van der Waals surface area contributed by atoms with Crippen molar-refractivity contribution in [3.05, 3.63) is 152 Å². The number of primary amides is 1. The van der Waals surface area contributed by atoms with Crippen molar-refractivity contribution >= 4 is 76.6 Å². The number of benzene rings is 6. The van der Waals surface area contributed by atoms with Crippen molar-refractivity contribution in [1.82, 2.24) is 31.9 Å². The number of nitrogens with two attached hydrogens (primary N) is 1. The van der Waals surface area contributed by atoms with E-state index in [4.69, 9.17) is 62.1 Å². The molecule has 128 heavy (non-hydrogen) atoms. The number of carbonyl (C=O) groups is 9. The minimum absolute atomic E-state index is 0.00748. The molecular formula is C89H109Cl2N7O30. The van der Waals surface area contributed by atoms with E-state index in [0.717, 1.165) is 66.1 Å². The Kier molecular flexibility index (Phi) is 33.1. The van der Waals surface area contributed by atoms with Crippen LogP contribution < -0.4 is 51.8 Å². The van der Waals surface area contributed by atoms with Gasteiger partial charge in [0.1, 0.15) is 102 Å². The third-order valence-corrected chi connectivity index (χ3v) is 24.4. The topological polar surface area (TPSA) is 600 Å². The lowest BCUT2D eigenvalue weighted by Crippen LogP contribution is -2.65. The maximum atomic E-state index is 16.6. The summed E-state index contributed by atoms with van der Waals surface area (Å²) in [6, 6.07) is 14.8. The van der Waals surface area contributed by atoms with Gasteiger partial charge in [0.15, 0.2) is 41.2 Å². The lowest BCUT2D eigenvalue weighted by atomic mass is 9.84. The number of fused-ring (bicyclic) bond motifs is 15. The van der Waals surface area contributed by atoms with Crippen molar-refractivity contribution in [1.29, 1.82) is 0 Å². The number of aryl methyl sites for hydroxylation is 1. The summed E-state index contributed by atoms with van der Waals surface area (Å²) in [6.45, 7) is 8.47. The van der Waals surface area contributed by atoms with Gasteiger partial charge in [0.2, 0.25) is 47.8 Å². The van der Waals surface area contributed by atoms with Gasteiger partial charge in [-0.1, -0.05) is 93.4 Å².